The Balaban J connectivity index is 1.88. The van der Waals surface area contributed by atoms with Gasteiger partial charge in [0.15, 0.2) is 10.8 Å². The highest BCUT2D eigenvalue weighted by Gasteiger charge is 2.18. The van der Waals surface area contributed by atoms with Crippen molar-refractivity contribution in [2.45, 2.75) is 6.92 Å². The van der Waals surface area contributed by atoms with Crippen LogP contribution in [0.3, 0.4) is 0 Å². The van der Waals surface area contributed by atoms with Gasteiger partial charge in [0.05, 0.1) is 22.0 Å². The van der Waals surface area contributed by atoms with E-state index in [1.165, 1.54) is 11.3 Å². The monoisotopic (exact) mass is 352 g/mol. The van der Waals surface area contributed by atoms with E-state index >= 15 is 0 Å². The molecule has 1 amide bonds. The van der Waals surface area contributed by atoms with Crippen LogP contribution in [-0.4, -0.2) is 10.9 Å². The Labute approximate surface area is 140 Å². The van der Waals surface area contributed by atoms with Gasteiger partial charge in [0.25, 0.3) is 5.91 Å². The predicted molar refractivity (Wildman–Crippen MR) is 89.0 cm³/mol. The van der Waals surface area contributed by atoms with Crippen molar-refractivity contribution in [2.75, 3.05) is 5.32 Å². The minimum atomic E-state index is -0.337. The van der Waals surface area contributed by atoms with Gasteiger partial charge in [0.1, 0.15) is 5.69 Å². The summed E-state index contributed by atoms with van der Waals surface area (Å²) >= 11 is 13.4. The number of hydrogen-bond donors (Lipinski definition) is 1. The number of amides is 1. The van der Waals surface area contributed by atoms with Crippen LogP contribution in [0, 0.1) is 6.92 Å². The maximum absolute atomic E-state index is 12.4. The number of aryl methyl sites for hydroxylation is 1. The molecule has 0 aliphatic heterocycles. The van der Waals surface area contributed by atoms with Crippen molar-refractivity contribution in [1.82, 2.24) is 4.98 Å². The number of aromatic nitrogens is 1. The summed E-state index contributed by atoms with van der Waals surface area (Å²) in [6.45, 7) is 1.83. The van der Waals surface area contributed by atoms with Gasteiger partial charge in [-0.1, -0.05) is 29.3 Å². The van der Waals surface area contributed by atoms with E-state index in [9.17, 15) is 4.79 Å². The summed E-state index contributed by atoms with van der Waals surface area (Å²) in [6, 6.07) is 8.63. The molecule has 4 nitrogen and oxygen atoms in total. The van der Waals surface area contributed by atoms with Crippen molar-refractivity contribution in [3.8, 4) is 10.8 Å². The predicted octanol–water partition coefficient (Wildman–Crippen LogP) is 5.27. The van der Waals surface area contributed by atoms with Gasteiger partial charge >= 0.3 is 0 Å². The van der Waals surface area contributed by atoms with Crippen molar-refractivity contribution in [1.29, 1.82) is 0 Å². The fourth-order valence-corrected chi connectivity index (χ4v) is 3.12. The minimum Gasteiger partial charge on any atom is -0.462 e. The van der Waals surface area contributed by atoms with E-state index in [4.69, 9.17) is 27.6 Å². The number of halogens is 2. The molecule has 22 heavy (non-hydrogen) atoms. The molecule has 0 unspecified atom stereocenters. The van der Waals surface area contributed by atoms with Crippen LogP contribution in [-0.2, 0) is 0 Å². The van der Waals surface area contributed by atoms with Crippen molar-refractivity contribution in [3.63, 3.8) is 0 Å². The highest BCUT2D eigenvalue weighted by atomic mass is 35.5. The number of carbonyl (C=O) groups is 1. The summed E-state index contributed by atoms with van der Waals surface area (Å²) in [5.41, 5.74) is 0.790. The van der Waals surface area contributed by atoms with Gasteiger partial charge < -0.3 is 9.73 Å². The first-order chi connectivity index (χ1) is 10.6. The topological polar surface area (TPSA) is 55.1 Å². The molecule has 0 spiro atoms. The number of anilines is 1. The first-order valence-corrected chi connectivity index (χ1v) is 7.90. The Hall–Kier alpha value is -1.82. The Bertz CT molecular complexity index is 828. The molecule has 112 valence electrons. The number of thiazole rings is 1. The van der Waals surface area contributed by atoms with Crippen molar-refractivity contribution in [3.05, 3.63) is 57.2 Å². The quantitative estimate of drug-likeness (QED) is 0.698. The normalized spacial score (nSPS) is 10.7. The van der Waals surface area contributed by atoms with Crippen LogP contribution in [0.25, 0.3) is 10.8 Å². The Morgan fingerprint density at radius 2 is 2.09 bits per heavy atom. The molecular weight excluding hydrogens is 343 g/mol. The highest BCUT2D eigenvalue weighted by molar-refractivity contribution is 7.15. The van der Waals surface area contributed by atoms with Gasteiger partial charge in [-0.15, -0.1) is 11.3 Å². The molecule has 0 saturated carbocycles. The van der Waals surface area contributed by atoms with Crippen LogP contribution in [0.2, 0.25) is 10.0 Å². The third-order valence-electron chi connectivity index (χ3n) is 2.94. The van der Waals surface area contributed by atoms with E-state index in [1.807, 2.05) is 6.92 Å². The molecule has 0 aliphatic carbocycles. The lowest BCUT2D eigenvalue weighted by molar-refractivity contribution is 0.102. The summed E-state index contributed by atoms with van der Waals surface area (Å²) in [7, 11) is 0. The molecule has 3 aromatic rings. The number of carbonyl (C=O) groups excluding carboxylic acids is 1. The third kappa shape index (κ3) is 2.88. The van der Waals surface area contributed by atoms with Crippen LogP contribution in [0.4, 0.5) is 5.69 Å². The Morgan fingerprint density at radius 1 is 1.27 bits per heavy atom. The zero-order valence-corrected chi connectivity index (χ0v) is 13.7. The van der Waals surface area contributed by atoms with Crippen LogP contribution in [0.15, 0.2) is 41.0 Å². The summed E-state index contributed by atoms with van der Waals surface area (Å²) in [5.74, 6) is 0.295. The second kappa shape index (κ2) is 6.12. The van der Waals surface area contributed by atoms with E-state index in [0.29, 0.717) is 32.2 Å². The van der Waals surface area contributed by atoms with Crippen LogP contribution in [0.5, 0.6) is 0 Å². The lowest BCUT2D eigenvalue weighted by Crippen LogP contribution is -2.13. The molecule has 0 bridgehead atoms. The van der Waals surface area contributed by atoms with Crippen LogP contribution < -0.4 is 5.32 Å². The number of benzene rings is 1. The molecule has 0 radical (unpaired) electrons. The second-order valence-electron chi connectivity index (χ2n) is 4.46. The molecule has 1 N–H and O–H groups in total. The van der Waals surface area contributed by atoms with E-state index in [-0.39, 0.29) is 5.91 Å². The zero-order chi connectivity index (χ0) is 15.7. The number of hydrogen-bond acceptors (Lipinski definition) is 4. The summed E-state index contributed by atoms with van der Waals surface area (Å²) in [5, 5.41) is 4.07. The summed E-state index contributed by atoms with van der Waals surface area (Å²) in [6.07, 6.45) is 1.57. The lowest BCUT2D eigenvalue weighted by atomic mass is 10.3. The van der Waals surface area contributed by atoms with Gasteiger partial charge in [-0.05, 0) is 31.2 Å². The summed E-state index contributed by atoms with van der Waals surface area (Å²) < 4.78 is 5.30. The maximum atomic E-state index is 12.4. The minimum absolute atomic E-state index is 0.302. The number of nitrogens with one attached hydrogen (secondary N) is 1. The van der Waals surface area contributed by atoms with Crippen molar-refractivity contribution >= 4 is 46.1 Å². The molecule has 1 aromatic carbocycles. The average Bonchev–Trinajstić information content (AvgIpc) is 3.13. The standard InChI is InChI=1S/C15H10Cl2N2O2S/c1-8-13(19-15(22-8)11-6-3-7-21-11)14(20)18-10-5-2-4-9(16)12(10)17/h2-7H,1H3,(H,18,20). The zero-order valence-electron chi connectivity index (χ0n) is 11.4. The first kappa shape index (κ1) is 15.1. The number of furan rings is 1. The Morgan fingerprint density at radius 3 is 2.82 bits per heavy atom. The molecular formula is C15H10Cl2N2O2S. The van der Waals surface area contributed by atoms with Gasteiger partial charge in [0.2, 0.25) is 0 Å². The first-order valence-electron chi connectivity index (χ1n) is 6.33. The largest absolute Gasteiger partial charge is 0.462 e. The molecule has 0 fully saturated rings. The smallest absolute Gasteiger partial charge is 0.275 e. The van der Waals surface area contributed by atoms with Crippen LogP contribution >= 0.6 is 34.5 Å². The second-order valence-corrected chi connectivity index (χ2v) is 6.44. The fraction of sp³-hybridized carbons (Fsp3) is 0.0667. The van der Waals surface area contributed by atoms with Gasteiger partial charge in [-0.25, -0.2) is 4.98 Å². The Kier molecular flexibility index (Phi) is 4.20. The van der Waals surface area contributed by atoms with E-state index < -0.39 is 0 Å². The van der Waals surface area contributed by atoms with Crippen LogP contribution in [0.1, 0.15) is 15.4 Å². The van der Waals surface area contributed by atoms with E-state index in [0.717, 1.165) is 4.88 Å². The van der Waals surface area contributed by atoms with Gasteiger partial charge in [-0.3, -0.25) is 4.79 Å². The molecule has 7 heteroatoms. The molecule has 3 rings (SSSR count). The molecule has 0 aliphatic rings. The molecule has 0 atom stereocenters. The average molecular weight is 353 g/mol. The maximum Gasteiger partial charge on any atom is 0.275 e. The summed E-state index contributed by atoms with van der Waals surface area (Å²) in [4.78, 5) is 17.5. The van der Waals surface area contributed by atoms with Gasteiger partial charge in [0, 0.05) is 4.88 Å². The molecule has 0 saturated heterocycles. The third-order valence-corrected chi connectivity index (χ3v) is 4.75. The number of rotatable bonds is 3. The fourth-order valence-electron chi connectivity index (χ4n) is 1.89. The number of nitrogens with zero attached hydrogens (tertiary/aromatic N) is 1. The van der Waals surface area contributed by atoms with E-state index in [2.05, 4.69) is 10.3 Å². The molecule has 2 aromatic heterocycles. The lowest BCUT2D eigenvalue weighted by Gasteiger charge is -2.07. The highest BCUT2D eigenvalue weighted by Crippen LogP contribution is 2.31. The SMILES string of the molecule is Cc1sc(-c2ccco2)nc1C(=O)Nc1cccc(Cl)c1Cl. The molecule has 2 heterocycles. The van der Waals surface area contributed by atoms with Crippen molar-refractivity contribution in [2.24, 2.45) is 0 Å². The van der Waals surface area contributed by atoms with E-state index in [1.54, 1.807) is 36.6 Å². The van der Waals surface area contributed by atoms with Crippen molar-refractivity contribution < 1.29 is 9.21 Å². The van der Waals surface area contributed by atoms with Gasteiger partial charge in [-0.2, -0.15) is 0 Å².